The van der Waals surface area contributed by atoms with Gasteiger partial charge in [0.15, 0.2) is 0 Å². The van der Waals surface area contributed by atoms with Crippen LogP contribution in [0.1, 0.15) is 49.4 Å². The van der Waals surface area contributed by atoms with Gasteiger partial charge in [-0.05, 0) is 48.9 Å². The molecule has 1 N–H and O–H groups in total. The Morgan fingerprint density at radius 3 is 2.89 bits per heavy atom. The Balaban J connectivity index is 2.15. The van der Waals surface area contributed by atoms with Gasteiger partial charge in [-0.15, -0.1) is 0 Å². The lowest BCUT2D eigenvalue weighted by Gasteiger charge is -2.27. The van der Waals surface area contributed by atoms with E-state index in [0.717, 1.165) is 19.4 Å². The van der Waals surface area contributed by atoms with Gasteiger partial charge in [0.05, 0.1) is 6.61 Å². The molecule has 19 heavy (non-hydrogen) atoms. The summed E-state index contributed by atoms with van der Waals surface area (Å²) in [5.74, 6) is 1.18. The minimum absolute atomic E-state index is 0.373. The topological polar surface area (TPSA) is 21.3 Å². The maximum Gasteiger partial charge on any atom is 0.126 e. The molecule has 1 aromatic carbocycles. The summed E-state index contributed by atoms with van der Waals surface area (Å²) in [6.07, 6.45) is 4.58. The fraction of sp³-hybridized carbons (Fsp3) is 0.625. The second-order valence-electron chi connectivity index (χ2n) is 6.55. The highest BCUT2D eigenvalue weighted by atomic mass is 79.9. The summed E-state index contributed by atoms with van der Waals surface area (Å²) in [6, 6.07) is 2.68. The summed E-state index contributed by atoms with van der Waals surface area (Å²) in [5.41, 5.74) is 4.61. The van der Waals surface area contributed by atoms with Crippen molar-refractivity contribution in [2.24, 2.45) is 5.41 Å². The van der Waals surface area contributed by atoms with Gasteiger partial charge in [-0.3, -0.25) is 0 Å². The predicted molar refractivity (Wildman–Crippen MR) is 81.9 cm³/mol. The number of ether oxygens (including phenoxy) is 1. The van der Waals surface area contributed by atoms with Crippen LogP contribution in [0.5, 0.6) is 5.75 Å². The molecule has 1 aliphatic heterocycles. The zero-order chi connectivity index (χ0) is 13.6. The van der Waals surface area contributed by atoms with Crippen LogP contribution in [0.15, 0.2) is 10.5 Å². The van der Waals surface area contributed by atoms with Crippen molar-refractivity contribution >= 4 is 15.9 Å². The molecular formula is C16H22BrNO. The van der Waals surface area contributed by atoms with Crippen LogP contribution in [0.3, 0.4) is 0 Å². The second kappa shape index (κ2) is 4.78. The molecule has 1 unspecified atom stereocenters. The smallest absolute Gasteiger partial charge is 0.126 e. The summed E-state index contributed by atoms with van der Waals surface area (Å²) in [7, 11) is 2.07. The number of fused-ring (bicyclic) bond motifs is 3. The Morgan fingerprint density at radius 2 is 2.16 bits per heavy atom. The summed E-state index contributed by atoms with van der Waals surface area (Å²) in [6.45, 7) is 5.59. The van der Waals surface area contributed by atoms with Crippen LogP contribution in [-0.4, -0.2) is 13.7 Å². The van der Waals surface area contributed by atoms with Crippen molar-refractivity contribution in [3.8, 4) is 5.75 Å². The highest BCUT2D eigenvalue weighted by molar-refractivity contribution is 9.10. The molecule has 1 aromatic rings. The van der Waals surface area contributed by atoms with E-state index >= 15 is 0 Å². The van der Waals surface area contributed by atoms with E-state index in [-0.39, 0.29) is 0 Å². The molecule has 1 aliphatic carbocycles. The van der Waals surface area contributed by atoms with E-state index < -0.39 is 0 Å². The third-order valence-electron chi connectivity index (χ3n) is 4.57. The quantitative estimate of drug-likeness (QED) is 0.788. The summed E-state index contributed by atoms with van der Waals surface area (Å²) >= 11 is 3.79. The van der Waals surface area contributed by atoms with Gasteiger partial charge in [0.2, 0.25) is 0 Å². The van der Waals surface area contributed by atoms with Crippen molar-refractivity contribution in [3.05, 3.63) is 27.2 Å². The van der Waals surface area contributed by atoms with Gasteiger partial charge in [0, 0.05) is 22.5 Å². The SMILES string of the molecule is CNC1CC(C)(C)CCc2c3c(cc(Br)c21)CCO3. The Bertz CT molecular complexity index is 510. The van der Waals surface area contributed by atoms with Gasteiger partial charge in [-0.1, -0.05) is 29.8 Å². The monoisotopic (exact) mass is 323 g/mol. The zero-order valence-corrected chi connectivity index (χ0v) is 13.6. The van der Waals surface area contributed by atoms with Crippen LogP contribution >= 0.6 is 15.9 Å². The molecule has 3 heteroatoms. The molecule has 0 radical (unpaired) electrons. The molecule has 1 heterocycles. The fourth-order valence-corrected chi connectivity index (χ4v) is 4.27. The van der Waals surface area contributed by atoms with Gasteiger partial charge in [0.25, 0.3) is 0 Å². The molecule has 0 saturated heterocycles. The standard InChI is InChI=1S/C16H22BrNO/c1-16(2)6-4-11-14(13(9-16)18-3)12(17)8-10-5-7-19-15(10)11/h8,13,18H,4-7,9H2,1-3H3. The van der Waals surface area contributed by atoms with E-state index in [4.69, 9.17) is 4.74 Å². The Hall–Kier alpha value is -0.540. The van der Waals surface area contributed by atoms with E-state index in [9.17, 15) is 0 Å². The number of hydrogen-bond donors (Lipinski definition) is 1. The van der Waals surface area contributed by atoms with Crippen molar-refractivity contribution in [2.45, 2.75) is 45.6 Å². The van der Waals surface area contributed by atoms with Crippen molar-refractivity contribution < 1.29 is 4.74 Å². The molecule has 2 nitrogen and oxygen atoms in total. The maximum atomic E-state index is 5.92. The van der Waals surface area contributed by atoms with Crippen LogP contribution in [-0.2, 0) is 12.8 Å². The third kappa shape index (κ3) is 2.31. The summed E-state index contributed by atoms with van der Waals surface area (Å²) in [5, 5.41) is 3.50. The van der Waals surface area contributed by atoms with E-state index in [2.05, 4.69) is 48.2 Å². The van der Waals surface area contributed by atoms with E-state index in [1.165, 1.54) is 39.8 Å². The Morgan fingerprint density at radius 1 is 1.37 bits per heavy atom. The number of rotatable bonds is 1. The van der Waals surface area contributed by atoms with Crippen LogP contribution < -0.4 is 10.1 Å². The predicted octanol–water partition coefficient (Wildman–Crippen LogP) is 4.01. The second-order valence-corrected chi connectivity index (χ2v) is 7.40. The molecule has 1 atom stereocenters. The van der Waals surface area contributed by atoms with Gasteiger partial charge < -0.3 is 10.1 Å². The molecule has 3 rings (SSSR count). The molecule has 0 saturated carbocycles. The molecular weight excluding hydrogens is 302 g/mol. The lowest BCUT2D eigenvalue weighted by atomic mass is 9.83. The molecule has 0 fully saturated rings. The number of benzene rings is 1. The number of hydrogen-bond acceptors (Lipinski definition) is 2. The minimum atomic E-state index is 0.373. The highest BCUT2D eigenvalue weighted by Gasteiger charge is 2.33. The lowest BCUT2D eigenvalue weighted by Crippen LogP contribution is -2.23. The summed E-state index contributed by atoms with van der Waals surface area (Å²) in [4.78, 5) is 0. The first kappa shape index (κ1) is 13.4. The van der Waals surface area contributed by atoms with Crippen LogP contribution in [0.4, 0.5) is 0 Å². The molecule has 0 spiro atoms. The first-order valence-electron chi connectivity index (χ1n) is 7.16. The average molecular weight is 324 g/mol. The fourth-order valence-electron chi connectivity index (χ4n) is 3.48. The van der Waals surface area contributed by atoms with Crippen LogP contribution in [0.2, 0.25) is 0 Å². The zero-order valence-electron chi connectivity index (χ0n) is 12.0. The molecule has 2 aliphatic rings. The first-order valence-corrected chi connectivity index (χ1v) is 7.95. The molecule has 0 bridgehead atoms. The maximum absolute atomic E-state index is 5.92. The normalized spacial score (nSPS) is 24.3. The van der Waals surface area contributed by atoms with Crippen molar-refractivity contribution in [1.82, 2.24) is 5.32 Å². The van der Waals surface area contributed by atoms with E-state index in [0.29, 0.717) is 11.5 Å². The van der Waals surface area contributed by atoms with Gasteiger partial charge in [-0.2, -0.15) is 0 Å². The van der Waals surface area contributed by atoms with Gasteiger partial charge in [0.1, 0.15) is 5.75 Å². The van der Waals surface area contributed by atoms with Crippen molar-refractivity contribution in [2.75, 3.05) is 13.7 Å². The minimum Gasteiger partial charge on any atom is -0.493 e. The molecule has 0 amide bonds. The van der Waals surface area contributed by atoms with Crippen molar-refractivity contribution in [3.63, 3.8) is 0 Å². The van der Waals surface area contributed by atoms with Gasteiger partial charge >= 0.3 is 0 Å². The van der Waals surface area contributed by atoms with Crippen molar-refractivity contribution in [1.29, 1.82) is 0 Å². The van der Waals surface area contributed by atoms with E-state index in [1.54, 1.807) is 0 Å². The largest absolute Gasteiger partial charge is 0.493 e. The van der Waals surface area contributed by atoms with Gasteiger partial charge in [-0.25, -0.2) is 0 Å². The Kier molecular flexibility index (Phi) is 3.38. The molecule has 0 aromatic heterocycles. The van der Waals surface area contributed by atoms with E-state index in [1.807, 2.05) is 0 Å². The number of halogens is 1. The number of nitrogens with one attached hydrogen (secondary N) is 1. The Labute approximate surface area is 124 Å². The third-order valence-corrected chi connectivity index (χ3v) is 5.23. The molecule has 104 valence electrons. The highest BCUT2D eigenvalue weighted by Crippen LogP contribution is 2.47. The van der Waals surface area contributed by atoms with Crippen LogP contribution in [0.25, 0.3) is 0 Å². The van der Waals surface area contributed by atoms with Crippen LogP contribution in [0, 0.1) is 5.41 Å². The lowest BCUT2D eigenvalue weighted by molar-refractivity contribution is 0.278. The average Bonchev–Trinajstić information content (AvgIpc) is 2.75. The first-order chi connectivity index (χ1) is 9.02. The summed E-state index contributed by atoms with van der Waals surface area (Å²) < 4.78 is 7.17.